The molecule has 1 fully saturated rings. The highest BCUT2D eigenvalue weighted by Crippen LogP contribution is 2.37. The molecule has 1 aliphatic heterocycles. The van der Waals surface area contributed by atoms with E-state index >= 15 is 0 Å². The van der Waals surface area contributed by atoms with Crippen LogP contribution in [0.3, 0.4) is 0 Å². The molecule has 0 spiro atoms. The maximum atomic E-state index is 13.1. The molecular weight excluding hydrogens is 430 g/mol. The van der Waals surface area contributed by atoms with Crippen molar-refractivity contribution >= 4 is 38.3 Å². The molecule has 0 radical (unpaired) electrons. The van der Waals surface area contributed by atoms with E-state index in [-0.39, 0.29) is 5.91 Å². The summed E-state index contributed by atoms with van der Waals surface area (Å²) in [6.45, 7) is 5.75. The number of anilines is 1. The zero-order valence-corrected chi connectivity index (χ0v) is 18.0. The number of benzene rings is 1. The fourth-order valence-corrected chi connectivity index (χ4v) is 4.31. The molecule has 1 aromatic heterocycles. The lowest BCUT2D eigenvalue weighted by atomic mass is 10.1. The van der Waals surface area contributed by atoms with Crippen LogP contribution < -0.4 is 14.4 Å². The summed E-state index contributed by atoms with van der Waals surface area (Å²) in [5.74, 6) is 1.22. The van der Waals surface area contributed by atoms with Gasteiger partial charge in [0.25, 0.3) is 5.91 Å². The Bertz CT molecular complexity index is 770. The Labute approximate surface area is 172 Å². The van der Waals surface area contributed by atoms with Crippen molar-refractivity contribution in [3.63, 3.8) is 0 Å². The second-order valence-electron chi connectivity index (χ2n) is 6.29. The van der Waals surface area contributed by atoms with Gasteiger partial charge in [-0.15, -0.1) is 11.3 Å². The second kappa shape index (κ2) is 9.41. The van der Waals surface area contributed by atoms with Gasteiger partial charge in [-0.2, -0.15) is 0 Å². The number of hydrogen-bond donors (Lipinski definition) is 0. The largest absolute Gasteiger partial charge is 0.493 e. The summed E-state index contributed by atoms with van der Waals surface area (Å²) in [5.41, 5.74) is 0.602. The first kappa shape index (κ1) is 19.9. The minimum atomic E-state index is 0.0111. The Morgan fingerprint density at radius 1 is 1.30 bits per heavy atom. The van der Waals surface area contributed by atoms with Crippen molar-refractivity contribution < 1.29 is 14.3 Å². The average molecular weight is 454 g/mol. The van der Waals surface area contributed by atoms with E-state index in [4.69, 9.17) is 9.47 Å². The van der Waals surface area contributed by atoms with E-state index in [1.807, 2.05) is 29.5 Å². The number of halogens is 1. The first-order valence-electron chi connectivity index (χ1n) is 9.08. The van der Waals surface area contributed by atoms with Gasteiger partial charge < -0.3 is 19.3 Å². The summed E-state index contributed by atoms with van der Waals surface area (Å²) < 4.78 is 11.9. The van der Waals surface area contributed by atoms with Gasteiger partial charge in [-0.3, -0.25) is 4.79 Å². The molecule has 6 nitrogen and oxygen atoms in total. The van der Waals surface area contributed by atoms with E-state index < -0.39 is 0 Å². The van der Waals surface area contributed by atoms with Gasteiger partial charge in [-0.25, -0.2) is 4.98 Å². The molecule has 1 saturated heterocycles. The fraction of sp³-hybridized carbons (Fsp3) is 0.474. The van der Waals surface area contributed by atoms with Gasteiger partial charge in [-0.1, -0.05) is 6.92 Å². The number of carbonyl (C=O) groups excluding carboxylic acids is 1. The number of ether oxygens (including phenoxy) is 2. The Balaban J connectivity index is 1.74. The van der Waals surface area contributed by atoms with E-state index in [0.717, 1.165) is 42.1 Å². The van der Waals surface area contributed by atoms with Gasteiger partial charge in [-0.05, 0) is 40.9 Å². The van der Waals surface area contributed by atoms with Gasteiger partial charge in [0.2, 0.25) is 0 Å². The first-order valence-corrected chi connectivity index (χ1v) is 10.7. The monoisotopic (exact) mass is 453 g/mol. The molecule has 1 aliphatic rings. The predicted molar refractivity (Wildman–Crippen MR) is 111 cm³/mol. The lowest BCUT2D eigenvalue weighted by Gasteiger charge is -2.22. The van der Waals surface area contributed by atoms with Crippen LogP contribution in [0.15, 0.2) is 28.2 Å². The normalized spacial score (nSPS) is 14.8. The fourth-order valence-electron chi connectivity index (χ4n) is 3.05. The maximum Gasteiger partial charge on any atom is 0.254 e. The van der Waals surface area contributed by atoms with Gasteiger partial charge >= 0.3 is 0 Å². The zero-order chi connectivity index (χ0) is 19.2. The van der Waals surface area contributed by atoms with Crippen molar-refractivity contribution in [2.75, 3.05) is 44.8 Å². The highest BCUT2D eigenvalue weighted by molar-refractivity contribution is 9.10. The van der Waals surface area contributed by atoms with Crippen LogP contribution in [0.25, 0.3) is 0 Å². The minimum absolute atomic E-state index is 0.0111. The molecule has 8 heteroatoms. The van der Waals surface area contributed by atoms with Crippen LogP contribution in [0.1, 0.15) is 30.1 Å². The van der Waals surface area contributed by atoms with Crippen LogP contribution >= 0.6 is 27.3 Å². The molecule has 0 atom stereocenters. The summed E-state index contributed by atoms with van der Waals surface area (Å²) in [5, 5.41) is 3.00. The molecule has 0 N–H and O–H groups in total. The van der Waals surface area contributed by atoms with E-state index in [1.54, 1.807) is 24.5 Å². The van der Waals surface area contributed by atoms with Crippen molar-refractivity contribution in [2.24, 2.45) is 0 Å². The van der Waals surface area contributed by atoms with Gasteiger partial charge in [0, 0.05) is 43.3 Å². The number of aromatic nitrogens is 1. The van der Waals surface area contributed by atoms with Crippen molar-refractivity contribution in [3.8, 4) is 11.5 Å². The van der Waals surface area contributed by atoms with E-state index in [2.05, 4.69) is 25.8 Å². The quantitative estimate of drug-likeness (QED) is 0.659. The van der Waals surface area contributed by atoms with Gasteiger partial charge in [0.15, 0.2) is 16.6 Å². The van der Waals surface area contributed by atoms with E-state index in [9.17, 15) is 4.79 Å². The summed E-state index contributed by atoms with van der Waals surface area (Å²) in [7, 11) is 1.59. The van der Waals surface area contributed by atoms with Crippen molar-refractivity contribution in [3.05, 3.63) is 33.7 Å². The highest BCUT2D eigenvalue weighted by Gasteiger charge is 2.23. The molecule has 2 aromatic rings. The minimum Gasteiger partial charge on any atom is -0.493 e. The molecule has 2 heterocycles. The predicted octanol–water partition coefficient (Wildman–Crippen LogP) is 4.06. The third-order valence-corrected chi connectivity index (χ3v) is 5.82. The Hall–Kier alpha value is -1.80. The van der Waals surface area contributed by atoms with Crippen molar-refractivity contribution in [1.82, 2.24) is 9.88 Å². The van der Waals surface area contributed by atoms with Crippen molar-refractivity contribution in [2.45, 2.75) is 19.8 Å². The lowest BCUT2D eigenvalue weighted by molar-refractivity contribution is 0.0766. The molecule has 1 aromatic carbocycles. The molecule has 27 heavy (non-hydrogen) atoms. The maximum absolute atomic E-state index is 13.1. The van der Waals surface area contributed by atoms with Gasteiger partial charge in [0.1, 0.15) is 0 Å². The number of rotatable bonds is 6. The molecule has 0 unspecified atom stereocenters. The summed E-state index contributed by atoms with van der Waals surface area (Å²) in [4.78, 5) is 21.6. The molecular formula is C19H24BrN3O3S. The standard InChI is InChI=1S/C19H24BrN3O3S/c1-3-10-26-17-15(20)12-14(13-16(17)25-2)18(24)22-6-4-7-23(9-8-22)19-21-5-11-27-19/h5,11-13H,3-4,6-10H2,1-2H3. The number of carbonyl (C=O) groups is 1. The zero-order valence-electron chi connectivity index (χ0n) is 15.6. The topological polar surface area (TPSA) is 54.9 Å². The van der Waals surface area contributed by atoms with Crippen LogP contribution in [0, 0.1) is 0 Å². The molecule has 3 rings (SSSR count). The van der Waals surface area contributed by atoms with Crippen LogP contribution in [-0.2, 0) is 0 Å². The van der Waals surface area contributed by atoms with Gasteiger partial charge in [0.05, 0.1) is 18.2 Å². The summed E-state index contributed by atoms with van der Waals surface area (Å²) in [6.07, 6.45) is 3.64. The Kier molecular flexibility index (Phi) is 6.95. The average Bonchev–Trinajstić information content (AvgIpc) is 3.10. The van der Waals surface area contributed by atoms with Crippen LogP contribution in [-0.4, -0.2) is 55.7 Å². The van der Waals surface area contributed by atoms with Crippen LogP contribution in [0.4, 0.5) is 5.13 Å². The molecule has 0 aliphatic carbocycles. The number of thiazole rings is 1. The smallest absolute Gasteiger partial charge is 0.254 e. The number of amides is 1. The number of hydrogen-bond acceptors (Lipinski definition) is 6. The SMILES string of the molecule is CCCOc1c(Br)cc(C(=O)N2CCCN(c3nccs3)CC2)cc1OC. The third kappa shape index (κ3) is 4.73. The first-order chi connectivity index (χ1) is 13.1. The van der Waals surface area contributed by atoms with E-state index in [0.29, 0.717) is 30.2 Å². The molecule has 0 saturated carbocycles. The second-order valence-corrected chi connectivity index (χ2v) is 8.01. The molecule has 0 bridgehead atoms. The molecule has 1 amide bonds. The van der Waals surface area contributed by atoms with Crippen LogP contribution in [0.2, 0.25) is 0 Å². The van der Waals surface area contributed by atoms with E-state index in [1.165, 1.54) is 0 Å². The third-order valence-electron chi connectivity index (χ3n) is 4.40. The summed E-state index contributed by atoms with van der Waals surface area (Å²) >= 11 is 5.16. The number of nitrogens with zero attached hydrogens (tertiary/aromatic N) is 3. The molecule has 146 valence electrons. The van der Waals surface area contributed by atoms with Crippen molar-refractivity contribution in [1.29, 1.82) is 0 Å². The number of methoxy groups -OCH3 is 1. The highest BCUT2D eigenvalue weighted by atomic mass is 79.9. The summed E-state index contributed by atoms with van der Waals surface area (Å²) in [6, 6.07) is 3.58. The Morgan fingerprint density at radius 2 is 2.15 bits per heavy atom. The van der Waals surface area contributed by atoms with Crippen LogP contribution in [0.5, 0.6) is 11.5 Å². The lowest BCUT2D eigenvalue weighted by Crippen LogP contribution is -2.35. The Morgan fingerprint density at radius 3 is 2.85 bits per heavy atom.